The van der Waals surface area contributed by atoms with E-state index in [9.17, 15) is 0 Å². The van der Waals surface area contributed by atoms with E-state index < -0.39 is 21.3 Å². The molecule has 10 heteroatoms. The van der Waals surface area contributed by atoms with Crippen molar-refractivity contribution in [3.8, 4) is 0 Å². The molecule has 8 aromatic carbocycles. The Morgan fingerprint density at radius 1 is 0.352 bits per heavy atom. The van der Waals surface area contributed by atoms with Gasteiger partial charge in [-0.25, -0.2) is 0 Å². The monoisotopic (exact) mass is 1640 g/mol. The second kappa shape index (κ2) is 24.1. The van der Waals surface area contributed by atoms with Crippen LogP contribution in [0.4, 0.5) is 0 Å². The van der Waals surface area contributed by atoms with Crippen LogP contribution in [-0.4, -0.2) is 51.2 Å². The average molecular weight is 1640 g/mol. The predicted molar refractivity (Wildman–Crippen MR) is 270 cm³/mol. The van der Waals surface area contributed by atoms with Crippen LogP contribution in [0.15, 0.2) is 194 Å². The maximum absolute atomic E-state index is 2.70. The molecular weight excluding hydrogens is 1610 g/mol. The van der Waals surface area contributed by atoms with E-state index in [1.54, 1.807) is 17.8 Å². The van der Waals surface area contributed by atoms with Gasteiger partial charge in [-0.15, -0.1) is 0 Å². The van der Waals surface area contributed by atoms with Crippen LogP contribution in [0, 0.1) is 0 Å². The van der Waals surface area contributed by atoms with Gasteiger partial charge in [0, 0.05) is 37.2 Å². The van der Waals surface area contributed by atoms with E-state index >= 15 is 0 Å². The first-order valence-electron chi connectivity index (χ1n) is 16.5. The zero-order valence-corrected chi connectivity index (χ0v) is 48.2. The molecule has 274 valence electrons. The molecular formula is C44H32I6Se4. The number of hydrogen-bond donors (Lipinski definition) is 0. The zero-order valence-electron chi connectivity index (χ0n) is 28.4. The molecule has 2 unspecified atom stereocenters. The first kappa shape index (κ1) is 44.3. The predicted octanol–water partition coefficient (Wildman–Crippen LogP) is 1.85. The van der Waals surface area contributed by atoms with Crippen LogP contribution in [0.3, 0.4) is 0 Å². The van der Waals surface area contributed by atoms with Crippen LogP contribution >= 0.6 is 74.5 Å². The summed E-state index contributed by atoms with van der Waals surface area (Å²) in [5.41, 5.74) is 0. The fraction of sp³-hybridized carbons (Fsp3) is 0. The molecule has 0 saturated heterocycles. The molecule has 0 aliphatic carbocycles. The summed E-state index contributed by atoms with van der Waals surface area (Å²) >= 11 is 10.6. The van der Waals surface area contributed by atoms with Gasteiger partial charge in [-0.05, 0) is 0 Å². The van der Waals surface area contributed by atoms with Gasteiger partial charge in [0.15, 0.2) is 0 Å². The number of hydrogen-bond acceptors (Lipinski definition) is 0. The third-order valence-electron chi connectivity index (χ3n) is 8.00. The Bertz CT molecular complexity index is 2170. The fourth-order valence-electron chi connectivity index (χ4n) is 5.71. The molecule has 0 saturated carbocycles. The van der Waals surface area contributed by atoms with Crippen molar-refractivity contribution < 1.29 is 30.0 Å². The molecule has 0 aliphatic heterocycles. The molecule has 0 nitrogen and oxygen atoms in total. The van der Waals surface area contributed by atoms with Crippen molar-refractivity contribution in [2.24, 2.45) is 0 Å². The summed E-state index contributed by atoms with van der Waals surface area (Å²) in [6.07, 6.45) is 0. The second-order valence-electron chi connectivity index (χ2n) is 11.3. The van der Waals surface area contributed by atoms with Gasteiger partial charge in [0.25, 0.3) is 0 Å². The van der Waals surface area contributed by atoms with E-state index in [1.807, 2.05) is 0 Å². The van der Waals surface area contributed by atoms with Crippen molar-refractivity contribution >= 4 is 183 Å². The molecule has 2 atom stereocenters. The summed E-state index contributed by atoms with van der Waals surface area (Å²) < 4.78 is 12.3. The number of benzene rings is 8. The maximum atomic E-state index is 2.70. The van der Waals surface area contributed by atoms with Gasteiger partial charge in [-0.2, -0.15) is 0 Å². The van der Waals surface area contributed by atoms with Gasteiger partial charge < -0.3 is 0 Å². The first-order chi connectivity index (χ1) is 26.7. The van der Waals surface area contributed by atoms with Gasteiger partial charge in [-0.1, -0.05) is 0 Å². The molecule has 0 amide bonds. The third-order valence-corrected chi connectivity index (χ3v) is 55.8. The van der Waals surface area contributed by atoms with Gasteiger partial charge >= 0.3 is 370 Å². The standard InChI is InChI=1S/2C22H16I2Se2.I2/c2*23-24-26(19-13-5-2-6-14-19)21-16-8-10-17-9-7-15-20(22(17)21)25-18-11-3-1-4-12-18;1-2/h2*1-16H;. The number of fused-ring (bicyclic) bond motifs is 2. The molecule has 8 aromatic rings. The summed E-state index contributed by atoms with van der Waals surface area (Å²) in [5.74, 6) is 0. The van der Waals surface area contributed by atoms with Crippen molar-refractivity contribution in [1.82, 2.24) is 0 Å². The Balaban J connectivity index is 0.000000176. The van der Waals surface area contributed by atoms with Crippen LogP contribution in [-0.2, 0) is 0 Å². The van der Waals surface area contributed by atoms with E-state index in [0.717, 1.165) is 0 Å². The van der Waals surface area contributed by atoms with Crippen LogP contribution in [0.25, 0.3) is 21.5 Å². The quantitative estimate of drug-likeness (QED) is 0.145. The Hall–Kier alpha value is 0.738. The molecule has 0 aromatic heterocycles. The van der Waals surface area contributed by atoms with E-state index in [4.69, 9.17) is 0 Å². The van der Waals surface area contributed by atoms with Gasteiger partial charge in [0.05, 0.1) is 0 Å². The molecule has 54 heavy (non-hydrogen) atoms. The molecule has 0 heterocycles. The van der Waals surface area contributed by atoms with Crippen LogP contribution in [0.2, 0.25) is 0 Å². The summed E-state index contributed by atoms with van der Waals surface area (Å²) in [5, 5.41) is 5.86. The number of rotatable bonds is 10. The van der Waals surface area contributed by atoms with Crippen molar-refractivity contribution in [3.63, 3.8) is 0 Å². The minimum atomic E-state index is -0.945. The van der Waals surface area contributed by atoms with Crippen LogP contribution in [0.1, 0.15) is 0 Å². The summed E-state index contributed by atoms with van der Waals surface area (Å²) in [7, 11) is -1.89. The normalized spacial score (nSPS) is 12.0. The Labute approximate surface area is 399 Å². The molecule has 0 fully saturated rings. The van der Waals surface area contributed by atoms with E-state index in [2.05, 4.69) is 269 Å². The minimum absolute atomic E-state index is 0.138. The van der Waals surface area contributed by atoms with Crippen LogP contribution < -0.4 is 65.7 Å². The van der Waals surface area contributed by atoms with Gasteiger partial charge in [0.2, 0.25) is 0 Å². The van der Waals surface area contributed by atoms with Crippen molar-refractivity contribution in [3.05, 3.63) is 194 Å². The first-order valence-corrected chi connectivity index (χ1v) is 52.6. The topological polar surface area (TPSA) is 0 Å². The fourth-order valence-corrected chi connectivity index (χ4v) is 53.1. The Morgan fingerprint density at radius 2 is 0.667 bits per heavy atom. The second-order valence-corrected chi connectivity index (χ2v) is 58.3. The van der Waals surface area contributed by atoms with Gasteiger partial charge in [-0.3, -0.25) is 0 Å². The SMILES string of the molecule is II.I[I-][Se+](c1ccccc1)c1cccc2cccc([Se]c3ccccc3)c12.I[I-][Se+](c1ccccc1)c1cccc2cccc([Se]c3ccccc3)c12. The molecule has 0 N–H and O–H groups in total. The van der Waals surface area contributed by atoms with Crippen molar-refractivity contribution in [2.45, 2.75) is 0 Å². The summed E-state index contributed by atoms with van der Waals surface area (Å²) in [4.78, 5) is 0. The summed E-state index contributed by atoms with van der Waals surface area (Å²) in [6.45, 7) is 0. The van der Waals surface area contributed by atoms with E-state index in [0.29, 0.717) is 29.9 Å². The van der Waals surface area contributed by atoms with Crippen molar-refractivity contribution in [1.29, 1.82) is 0 Å². The molecule has 0 bridgehead atoms. The zero-order chi connectivity index (χ0) is 37.5. The molecule has 0 aliphatic rings. The molecule has 8 rings (SSSR count). The van der Waals surface area contributed by atoms with E-state index in [1.165, 1.54) is 39.4 Å². The van der Waals surface area contributed by atoms with Gasteiger partial charge in [0.1, 0.15) is 0 Å². The summed E-state index contributed by atoms with van der Waals surface area (Å²) in [6, 6.07) is 71.9. The average Bonchev–Trinajstić information content (AvgIpc) is 3.24. The third kappa shape index (κ3) is 11.9. The molecule has 0 spiro atoms. The van der Waals surface area contributed by atoms with E-state index in [-0.39, 0.29) is 30.0 Å². The van der Waals surface area contributed by atoms with Crippen molar-refractivity contribution in [2.75, 3.05) is 0 Å². The molecule has 0 radical (unpaired) electrons. The number of halogens is 6. The Kier molecular flexibility index (Phi) is 19.8. The Morgan fingerprint density at radius 3 is 1.00 bits per heavy atom. The van der Waals surface area contributed by atoms with Crippen LogP contribution in [0.5, 0.6) is 0 Å².